The highest BCUT2D eigenvalue weighted by molar-refractivity contribution is 5.59. The topological polar surface area (TPSA) is 38.0 Å². The summed E-state index contributed by atoms with van der Waals surface area (Å²) in [7, 11) is 0. The predicted molar refractivity (Wildman–Crippen MR) is 114 cm³/mol. The van der Waals surface area contributed by atoms with Crippen molar-refractivity contribution >= 4 is 6.08 Å². The summed E-state index contributed by atoms with van der Waals surface area (Å²) in [5.74, 6) is 2.64. The lowest BCUT2D eigenvalue weighted by Gasteiger charge is -2.59. The summed E-state index contributed by atoms with van der Waals surface area (Å²) in [6.07, 6.45) is 11.6. The summed E-state index contributed by atoms with van der Waals surface area (Å²) in [6, 6.07) is 0. The zero-order chi connectivity index (χ0) is 20.1. The smallest absolute Gasteiger partial charge is 0.0648 e. The molecule has 0 aromatic carbocycles. The number of aliphatic hydroxyl groups excluding tert-OH is 1. The first-order valence-corrected chi connectivity index (χ1v) is 11.5. The standard InChI is InChI=1S/C25H38N2O/c1-15-7-10-19-18-9-8-17-11-20-16(14-26-27(20)23(2,3)4)12-25(17,6)22(18)21(28)13-24(15,19)5/h11,14-15,18-19,21-22,28H,7-10,12-13H2,1-6H3. The molecule has 7 unspecified atom stereocenters. The molecule has 3 saturated carbocycles. The SMILES string of the molecule is CC1CCC2C3CCC4=Cc5c(cnn5C(C)(C)C)CC4(C)C3C(O)CC12C. The molecule has 4 aliphatic carbocycles. The lowest BCUT2D eigenvalue weighted by molar-refractivity contribution is -0.123. The third kappa shape index (κ3) is 2.35. The molecule has 1 heterocycles. The fourth-order valence-electron chi connectivity index (χ4n) is 7.97. The number of hydrogen-bond acceptors (Lipinski definition) is 2. The second-order valence-electron chi connectivity index (χ2n) is 12.0. The van der Waals surface area contributed by atoms with E-state index in [9.17, 15) is 5.11 Å². The maximum atomic E-state index is 11.5. The highest BCUT2D eigenvalue weighted by atomic mass is 16.3. The van der Waals surface area contributed by atoms with Gasteiger partial charge in [-0.05, 0) is 105 Å². The Morgan fingerprint density at radius 3 is 2.64 bits per heavy atom. The van der Waals surface area contributed by atoms with E-state index < -0.39 is 0 Å². The second-order valence-corrected chi connectivity index (χ2v) is 12.0. The molecule has 7 atom stereocenters. The average Bonchev–Trinajstić information content (AvgIpc) is 3.12. The van der Waals surface area contributed by atoms with Gasteiger partial charge in [-0.25, -0.2) is 0 Å². The van der Waals surface area contributed by atoms with E-state index in [-0.39, 0.29) is 17.1 Å². The maximum Gasteiger partial charge on any atom is 0.0648 e. The molecule has 3 nitrogen and oxygen atoms in total. The van der Waals surface area contributed by atoms with E-state index in [1.807, 2.05) is 0 Å². The minimum Gasteiger partial charge on any atom is -0.393 e. The zero-order valence-electron chi connectivity index (χ0n) is 18.6. The number of aliphatic hydroxyl groups is 1. The Hall–Kier alpha value is -1.09. The van der Waals surface area contributed by atoms with Gasteiger partial charge in [0.25, 0.3) is 0 Å². The summed E-state index contributed by atoms with van der Waals surface area (Å²) in [5, 5.41) is 16.2. The van der Waals surface area contributed by atoms with Crippen molar-refractivity contribution in [3.8, 4) is 0 Å². The molecular weight excluding hydrogens is 344 g/mol. The van der Waals surface area contributed by atoms with Crippen molar-refractivity contribution in [1.29, 1.82) is 0 Å². The minimum absolute atomic E-state index is 0.00172. The van der Waals surface area contributed by atoms with E-state index in [2.05, 4.69) is 58.5 Å². The summed E-state index contributed by atoms with van der Waals surface area (Å²) in [4.78, 5) is 0. The van der Waals surface area contributed by atoms with Crippen LogP contribution in [0.25, 0.3) is 6.08 Å². The Balaban J connectivity index is 1.56. The third-order valence-electron chi connectivity index (χ3n) is 9.53. The molecule has 0 spiro atoms. The summed E-state index contributed by atoms with van der Waals surface area (Å²) < 4.78 is 2.20. The van der Waals surface area contributed by atoms with Crippen LogP contribution in [0.4, 0.5) is 0 Å². The van der Waals surface area contributed by atoms with Gasteiger partial charge in [0.1, 0.15) is 0 Å². The van der Waals surface area contributed by atoms with Crippen LogP contribution in [0.15, 0.2) is 11.8 Å². The first kappa shape index (κ1) is 18.9. The van der Waals surface area contributed by atoms with E-state index in [4.69, 9.17) is 5.10 Å². The molecule has 1 aromatic heterocycles. The van der Waals surface area contributed by atoms with Crippen LogP contribution in [0.1, 0.15) is 84.9 Å². The molecule has 1 aromatic rings. The molecule has 0 bridgehead atoms. The largest absolute Gasteiger partial charge is 0.393 e. The number of fused-ring (bicyclic) bond motifs is 6. The van der Waals surface area contributed by atoms with Gasteiger partial charge in [0.15, 0.2) is 0 Å². The third-order valence-corrected chi connectivity index (χ3v) is 9.53. The van der Waals surface area contributed by atoms with Gasteiger partial charge in [0.05, 0.1) is 23.5 Å². The molecule has 3 fully saturated rings. The lowest BCUT2D eigenvalue weighted by Crippen LogP contribution is -2.56. The molecular formula is C25H38N2O. The van der Waals surface area contributed by atoms with E-state index in [1.165, 1.54) is 36.9 Å². The molecule has 28 heavy (non-hydrogen) atoms. The molecule has 154 valence electrons. The minimum atomic E-state index is -0.167. The van der Waals surface area contributed by atoms with Gasteiger partial charge >= 0.3 is 0 Å². The number of aromatic nitrogens is 2. The lowest BCUT2D eigenvalue weighted by atomic mass is 9.46. The van der Waals surface area contributed by atoms with Crippen LogP contribution in [-0.4, -0.2) is 21.0 Å². The van der Waals surface area contributed by atoms with Crippen molar-refractivity contribution in [1.82, 2.24) is 9.78 Å². The summed E-state index contributed by atoms with van der Waals surface area (Å²) in [6.45, 7) is 14.1. The van der Waals surface area contributed by atoms with Crippen molar-refractivity contribution in [3.63, 3.8) is 0 Å². The van der Waals surface area contributed by atoms with Gasteiger partial charge in [-0.2, -0.15) is 5.10 Å². The van der Waals surface area contributed by atoms with E-state index in [1.54, 1.807) is 5.57 Å². The number of nitrogens with zero attached hydrogens (tertiary/aromatic N) is 2. The quantitative estimate of drug-likeness (QED) is 0.650. The van der Waals surface area contributed by atoms with Crippen LogP contribution in [0.2, 0.25) is 0 Å². The molecule has 1 N–H and O–H groups in total. The molecule has 3 heteroatoms. The number of hydrogen-bond donors (Lipinski definition) is 1. The molecule has 0 saturated heterocycles. The van der Waals surface area contributed by atoms with Crippen molar-refractivity contribution in [3.05, 3.63) is 23.0 Å². The number of allylic oxidation sites excluding steroid dienone is 1. The molecule has 0 aliphatic heterocycles. The monoisotopic (exact) mass is 382 g/mol. The van der Waals surface area contributed by atoms with Gasteiger partial charge in [0.2, 0.25) is 0 Å². The molecule has 5 rings (SSSR count). The maximum absolute atomic E-state index is 11.5. The zero-order valence-corrected chi connectivity index (χ0v) is 18.6. The molecule has 0 radical (unpaired) electrons. The van der Waals surface area contributed by atoms with Crippen LogP contribution < -0.4 is 0 Å². The fraction of sp³-hybridized carbons (Fsp3) is 0.800. The van der Waals surface area contributed by atoms with Crippen LogP contribution >= 0.6 is 0 Å². The Bertz CT molecular complexity index is 830. The van der Waals surface area contributed by atoms with Gasteiger partial charge in [0, 0.05) is 0 Å². The number of rotatable bonds is 0. The average molecular weight is 383 g/mol. The van der Waals surface area contributed by atoms with Crippen molar-refractivity contribution < 1.29 is 5.11 Å². The van der Waals surface area contributed by atoms with Gasteiger partial charge in [-0.15, -0.1) is 0 Å². The van der Waals surface area contributed by atoms with Crippen molar-refractivity contribution in [2.45, 2.75) is 91.7 Å². The van der Waals surface area contributed by atoms with Gasteiger partial charge in [-0.1, -0.05) is 26.3 Å². The van der Waals surface area contributed by atoms with Crippen LogP contribution in [-0.2, 0) is 12.0 Å². The Labute approximate surface area is 170 Å². The summed E-state index contributed by atoms with van der Waals surface area (Å²) in [5.41, 5.74) is 4.69. The molecule has 4 aliphatic rings. The van der Waals surface area contributed by atoms with Gasteiger partial charge in [-0.3, -0.25) is 4.68 Å². The predicted octanol–water partition coefficient (Wildman–Crippen LogP) is 5.43. The fourth-order valence-corrected chi connectivity index (χ4v) is 7.97. The summed E-state index contributed by atoms with van der Waals surface area (Å²) >= 11 is 0. The van der Waals surface area contributed by atoms with Gasteiger partial charge < -0.3 is 5.11 Å². The Morgan fingerprint density at radius 1 is 1.18 bits per heavy atom. The second kappa shape index (κ2) is 5.74. The van der Waals surface area contributed by atoms with Crippen LogP contribution in [0.3, 0.4) is 0 Å². The van der Waals surface area contributed by atoms with E-state index in [0.29, 0.717) is 17.3 Å². The Morgan fingerprint density at radius 2 is 1.93 bits per heavy atom. The van der Waals surface area contributed by atoms with Crippen LogP contribution in [0, 0.1) is 34.5 Å². The highest BCUT2D eigenvalue weighted by Gasteiger charge is 2.61. The van der Waals surface area contributed by atoms with Crippen molar-refractivity contribution in [2.75, 3.05) is 0 Å². The van der Waals surface area contributed by atoms with Crippen LogP contribution in [0.5, 0.6) is 0 Å². The molecule has 0 amide bonds. The first-order chi connectivity index (χ1) is 13.1. The Kier molecular flexibility index (Phi) is 3.88. The van der Waals surface area contributed by atoms with Crippen molar-refractivity contribution in [2.24, 2.45) is 34.5 Å². The normalized spacial score (nSPS) is 45.0. The first-order valence-electron chi connectivity index (χ1n) is 11.5. The van der Waals surface area contributed by atoms with E-state index in [0.717, 1.165) is 24.7 Å². The van der Waals surface area contributed by atoms with E-state index >= 15 is 0 Å². The highest BCUT2D eigenvalue weighted by Crippen LogP contribution is 2.66.